The Morgan fingerprint density at radius 3 is 2.88 bits per heavy atom. The van der Waals surface area contributed by atoms with Gasteiger partial charge in [0.2, 0.25) is 5.95 Å². The van der Waals surface area contributed by atoms with Gasteiger partial charge in [-0.1, -0.05) is 6.42 Å². The number of likely N-dealkylation sites (tertiary alicyclic amines) is 1. The molecule has 2 heterocycles. The maximum absolute atomic E-state index is 9.47. The fraction of sp³-hybridized carbons (Fsp3) is 0.526. The Kier molecular flexibility index (Phi) is 6.74. The smallest absolute Gasteiger partial charge is 0.243 e. The van der Waals surface area contributed by atoms with Crippen LogP contribution < -0.4 is 10.1 Å². The van der Waals surface area contributed by atoms with Crippen molar-refractivity contribution in [2.45, 2.75) is 31.7 Å². The van der Waals surface area contributed by atoms with E-state index in [1.165, 1.54) is 12.8 Å². The Labute approximate surface area is 154 Å². The quantitative estimate of drug-likeness (QED) is 0.701. The summed E-state index contributed by atoms with van der Waals surface area (Å²) in [4.78, 5) is 6.92. The highest BCUT2D eigenvalue weighted by molar-refractivity contribution is 5.60. The lowest BCUT2D eigenvalue weighted by Crippen LogP contribution is -2.42. The second-order valence-corrected chi connectivity index (χ2v) is 6.54. The third-order valence-corrected chi connectivity index (χ3v) is 4.81. The van der Waals surface area contributed by atoms with Gasteiger partial charge in [0.25, 0.3) is 0 Å². The second kappa shape index (κ2) is 9.45. The molecule has 3 rings (SSSR count). The zero-order valence-electron chi connectivity index (χ0n) is 15.3. The number of methoxy groups -OCH3 is 1. The summed E-state index contributed by atoms with van der Waals surface area (Å²) in [6.45, 7) is 3.09. The molecule has 26 heavy (non-hydrogen) atoms. The summed E-state index contributed by atoms with van der Waals surface area (Å²) in [5.74, 6) is 1.35. The number of nitrogens with zero attached hydrogens (tertiary/aromatic N) is 4. The van der Waals surface area contributed by atoms with Gasteiger partial charge in [-0.15, -0.1) is 5.10 Å². The number of nitrogens with one attached hydrogen (secondary N) is 1. The summed E-state index contributed by atoms with van der Waals surface area (Å²) < 4.78 is 5.18. The van der Waals surface area contributed by atoms with E-state index in [2.05, 4.69) is 25.4 Å². The Bertz CT molecular complexity index is 680. The number of aliphatic hydroxyl groups excluding tert-OH is 1. The van der Waals surface area contributed by atoms with Crippen LogP contribution in [-0.2, 0) is 0 Å². The average Bonchev–Trinajstić information content (AvgIpc) is 2.72. The molecule has 0 bridgehead atoms. The van der Waals surface area contributed by atoms with Crippen molar-refractivity contribution in [3.8, 4) is 17.0 Å². The Balaban J connectivity index is 1.50. The predicted molar refractivity (Wildman–Crippen MR) is 101 cm³/mol. The SMILES string of the molecule is COc1ccc(-c2cnnc(NCCCN3CCCCC3CO)n2)cc1. The summed E-state index contributed by atoms with van der Waals surface area (Å²) in [6.07, 6.45) is 6.18. The Morgan fingerprint density at radius 2 is 2.12 bits per heavy atom. The number of aliphatic hydroxyl groups is 1. The molecule has 1 fully saturated rings. The maximum atomic E-state index is 9.47. The molecule has 0 aliphatic carbocycles. The number of benzene rings is 1. The second-order valence-electron chi connectivity index (χ2n) is 6.54. The van der Waals surface area contributed by atoms with Crippen LogP contribution in [0.15, 0.2) is 30.5 Å². The van der Waals surface area contributed by atoms with E-state index in [9.17, 15) is 5.11 Å². The highest BCUT2D eigenvalue weighted by atomic mass is 16.5. The van der Waals surface area contributed by atoms with E-state index in [0.717, 1.165) is 49.5 Å². The van der Waals surface area contributed by atoms with Crippen molar-refractivity contribution in [2.24, 2.45) is 0 Å². The molecule has 0 spiro atoms. The standard InChI is InChI=1S/C19H27N5O2/c1-26-17-8-6-15(7-9-17)18-13-21-23-19(22-18)20-10-4-12-24-11-3-2-5-16(24)14-25/h6-9,13,16,25H,2-5,10-12,14H2,1H3,(H,20,22,23). The van der Waals surface area contributed by atoms with E-state index in [-0.39, 0.29) is 6.61 Å². The fourth-order valence-electron chi connectivity index (χ4n) is 3.32. The first kappa shape index (κ1) is 18.5. The van der Waals surface area contributed by atoms with Crippen LogP contribution in [0.2, 0.25) is 0 Å². The van der Waals surface area contributed by atoms with Crippen molar-refractivity contribution in [2.75, 3.05) is 38.7 Å². The van der Waals surface area contributed by atoms with E-state index in [1.54, 1.807) is 13.3 Å². The molecular formula is C19H27N5O2. The number of hydrogen-bond acceptors (Lipinski definition) is 7. The zero-order valence-corrected chi connectivity index (χ0v) is 15.3. The number of rotatable bonds is 8. The van der Waals surface area contributed by atoms with Crippen molar-refractivity contribution in [3.05, 3.63) is 30.5 Å². The summed E-state index contributed by atoms with van der Waals surface area (Å²) in [5.41, 5.74) is 1.75. The van der Waals surface area contributed by atoms with Gasteiger partial charge in [0.15, 0.2) is 0 Å². The summed E-state index contributed by atoms with van der Waals surface area (Å²) >= 11 is 0. The predicted octanol–water partition coefficient (Wildman–Crippen LogP) is 2.20. The van der Waals surface area contributed by atoms with E-state index < -0.39 is 0 Å². The minimum atomic E-state index is 0.254. The number of anilines is 1. The third-order valence-electron chi connectivity index (χ3n) is 4.81. The van der Waals surface area contributed by atoms with Gasteiger partial charge in [0.05, 0.1) is 25.6 Å². The number of hydrogen-bond donors (Lipinski definition) is 2. The lowest BCUT2D eigenvalue weighted by Gasteiger charge is -2.34. The van der Waals surface area contributed by atoms with Gasteiger partial charge in [0.1, 0.15) is 5.75 Å². The molecule has 1 aromatic heterocycles. The van der Waals surface area contributed by atoms with Crippen molar-refractivity contribution in [1.82, 2.24) is 20.1 Å². The largest absolute Gasteiger partial charge is 0.497 e. The highest BCUT2D eigenvalue weighted by Crippen LogP contribution is 2.20. The third kappa shape index (κ3) is 4.89. The average molecular weight is 357 g/mol. The van der Waals surface area contributed by atoms with E-state index in [4.69, 9.17) is 4.74 Å². The van der Waals surface area contributed by atoms with Gasteiger partial charge in [-0.3, -0.25) is 4.90 Å². The van der Waals surface area contributed by atoms with Crippen LogP contribution in [0.4, 0.5) is 5.95 Å². The molecule has 1 saturated heterocycles. The van der Waals surface area contributed by atoms with Crippen molar-refractivity contribution in [3.63, 3.8) is 0 Å². The molecule has 0 amide bonds. The van der Waals surface area contributed by atoms with Crippen LogP contribution in [0.5, 0.6) is 5.75 Å². The molecule has 7 nitrogen and oxygen atoms in total. The Morgan fingerprint density at radius 1 is 1.27 bits per heavy atom. The minimum absolute atomic E-state index is 0.254. The van der Waals surface area contributed by atoms with Gasteiger partial charge in [-0.05, 0) is 50.1 Å². The minimum Gasteiger partial charge on any atom is -0.497 e. The molecular weight excluding hydrogens is 330 g/mol. The normalized spacial score (nSPS) is 17.8. The maximum Gasteiger partial charge on any atom is 0.243 e. The molecule has 140 valence electrons. The molecule has 1 aliphatic heterocycles. The molecule has 0 saturated carbocycles. The first-order valence-corrected chi connectivity index (χ1v) is 9.23. The van der Waals surface area contributed by atoms with E-state index in [1.807, 2.05) is 24.3 Å². The molecule has 1 aromatic carbocycles. The number of ether oxygens (including phenoxy) is 1. The Hall–Kier alpha value is -2.25. The van der Waals surface area contributed by atoms with Crippen LogP contribution >= 0.6 is 0 Å². The summed E-state index contributed by atoms with van der Waals surface area (Å²) in [5, 5.41) is 20.8. The first-order chi connectivity index (χ1) is 12.8. The molecule has 0 radical (unpaired) electrons. The van der Waals surface area contributed by atoms with E-state index in [0.29, 0.717) is 12.0 Å². The lowest BCUT2D eigenvalue weighted by molar-refractivity contribution is 0.0901. The zero-order chi connectivity index (χ0) is 18.2. The van der Waals surface area contributed by atoms with Crippen molar-refractivity contribution in [1.29, 1.82) is 0 Å². The topological polar surface area (TPSA) is 83.4 Å². The number of aromatic nitrogens is 3. The van der Waals surface area contributed by atoms with Crippen LogP contribution in [-0.4, -0.2) is 64.6 Å². The molecule has 2 N–H and O–H groups in total. The molecule has 2 aromatic rings. The molecule has 1 atom stereocenters. The van der Waals surface area contributed by atoms with Crippen LogP contribution in [0.25, 0.3) is 11.3 Å². The van der Waals surface area contributed by atoms with Crippen molar-refractivity contribution >= 4 is 5.95 Å². The first-order valence-electron chi connectivity index (χ1n) is 9.23. The molecule has 1 aliphatic rings. The van der Waals surface area contributed by atoms with Gasteiger partial charge >= 0.3 is 0 Å². The van der Waals surface area contributed by atoms with Crippen LogP contribution in [0, 0.1) is 0 Å². The lowest BCUT2D eigenvalue weighted by atomic mass is 10.0. The summed E-state index contributed by atoms with van der Waals surface area (Å²) in [7, 11) is 1.65. The molecule has 7 heteroatoms. The van der Waals surface area contributed by atoms with Gasteiger partial charge in [-0.2, -0.15) is 5.10 Å². The highest BCUT2D eigenvalue weighted by Gasteiger charge is 2.20. The van der Waals surface area contributed by atoms with Crippen LogP contribution in [0.1, 0.15) is 25.7 Å². The number of piperidine rings is 1. The summed E-state index contributed by atoms with van der Waals surface area (Å²) in [6, 6.07) is 8.04. The van der Waals surface area contributed by atoms with E-state index >= 15 is 0 Å². The monoisotopic (exact) mass is 357 g/mol. The van der Waals surface area contributed by atoms with Gasteiger partial charge in [-0.25, -0.2) is 4.98 Å². The van der Waals surface area contributed by atoms with Gasteiger partial charge < -0.3 is 15.2 Å². The van der Waals surface area contributed by atoms with Crippen molar-refractivity contribution < 1.29 is 9.84 Å². The van der Waals surface area contributed by atoms with Crippen LogP contribution in [0.3, 0.4) is 0 Å². The molecule has 1 unspecified atom stereocenters. The fourth-order valence-corrected chi connectivity index (χ4v) is 3.32. The van der Waals surface area contributed by atoms with Gasteiger partial charge in [0, 0.05) is 24.7 Å².